The minimum Gasteiger partial charge on any atom is -0.381 e. The number of methoxy groups -OCH3 is 1. The fourth-order valence-electron chi connectivity index (χ4n) is 2.62. The summed E-state index contributed by atoms with van der Waals surface area (Å²) in [7, 11) is 1.78. The molecule has 3 N–H and O–H groups in total. The van der Waals surface area contributed by atoms with Crippen LogP contribution in [-0.4, -0.2) is 43.4 Å². The lowest BCUT2D eigenvalue weighted by Crippen LogP contribution is -2.67. The van der Waals surface area contributed by atoms with Crippen molar-refractivity contribution in [3.63, 3.8) is 0 Å². The van der Waals surface area contributed by atoms with Gasteiger partial charge < -0.3 is 10.5 Å². The molecule has 0 unspecified atom stereocenters. The number of hydrazine groups is 1. The van der Waals surface area contributed by atoms with Gasteiger partial charge in [-0.1, -0.05) is 6.42 Å². The largest absolute Gasteiger partial charge is 0.381 e. The van der Waals surface area contributed by atoms with Crippen molar-refractivity contribution in [2.24, 2.45) is 5.73 Å². The molecule has 4 nitrogen and oxygen atoms in total. The maximum Gasteiger partial charge on any atom is 0.0608 e. The number of nitrogens with zero attached hydrogens (tertiary/aromatic N) is 1. The Bertz CT molecular complexity index is 198. The van der Waals surface area contributed by atoms with E-state index in [1.807, 2.05) is 0 Å². The Labute approximate surface area is 92.1 Å². The number of nitrogens with two attached hydrogens (primary N) is 1. The van der Waals surface area contributed by atoms with Crippen molar-refractivity contribution in [2.75, 3.05) is 26.7 Å². The first-order chi connectivity index (χ1) is 7.28. The predicted molar refractivity (Wildman–Crippen MR) is 60.4 cm³/mol. The van der Waals surface area contributed by atoms with Crippen LogP contribution in [0.4, 0.5) is 0 Å². The average molecular weight is 213 g/mol. The summed E-state index contributed by atoms with van der Waals surface area (Å²) < 4.78 is 5.32. The lowest BCUT2D eigenvalue weighted by molar-refractivity contribution is -0.0630. The van der Waals surface area contributed by atoms with E-state index >= 15 is 0 Å². The molecule has 0 amide bonds. The Kier molecular flexibility index (Phi) is 3.61. The van der Waals surface area contributed by atoms with Crippen LogP contribution in [0.5, 0.6) is 0 Å². The van der Waals surface area contributed by atoms with E-state index in [4.69, 9.17) is 10.5 Å². The van der Waals surface area contributed by atoms with Gasteiger partial charge in [0.05, 0.1) is 6.10 Å². The molecule has 0 aromatic heterocycles. The van der Waals surface area contributed by atoms with Crippen molar-refractivity contribution in [1.29, 1.82) is 0 Å². The number of nitrogens with one attached hydrogen (secondary N) is 1. The molecule has 0 aromatic rings. The lowest BCUT2D eigenvalue weighted by Gasteiger charge is -2.50. The van der Waals surface area contributed by atoms with Crippen molar-refractivity contribution in [2.45, 2.75) is 43.7 Å². The van der Waals surface area contributed by atoms with Crippen LogP contribution in [0.15, 0.2) is 0 Å². The predicted octanol–water partition coefficient (Wildman–Crippen LogP) is 0.483. The van der Waals surface area contributed by atoms with Gasteiger partial charge in [0, 0.05) is 32.3 Å². The Morgan fingerprint density at radius 2 is 2.00 bits per heavy atom. The van der Waals surface area contributed by atoms with Crippen LogP contribution >= 0.6 is 0 Å². The van der Waals surface area contributed by atoms with Crippen LogP contribution in [-0.2, 0) is 4.74 Å². The monoisotopic (exact) mass is 213 g/mol. The van der Waals surface area contributed by atoms with E-state index in [1.165, 1.54) is 32.4 Å². The molecule has 0 aromatic carbocycles. The molecule has 0 spiro atoms. The van der Waals surface area contributed by atoms with Crippen LogP contribution in [0.25, 0.3) is 0 Å². The summed E-state index contributed by atoms with van der Waals surface area (Å²) in [6.45, 7) is 3.04. The smallest absolute Gasteiger partial charge is 0.0608 e. The topological polar surface area (TPSA) is 50.5 Å². The third-order valence-corrected chi connectivity index (χ3v) is 3.71. The standard InChI is InChI=1S/C11H23N3O/c1-15-10-7-11(8-10,9-12)13-14-5-3-2-4-6-14/h10,13H,2-9,12H2,1H3. The Hall–Kier alpha value is -0.160. The molecular weight excluding hydrogens is 190 g/mol. The van der Waals surface area contributed by atoms with E-state index < -0.39 is 0 Å². The summed E-state index contributed by atoms with van der Waals surface area (Å²) in [4.78, 5) is 0. The SMILES string of the molecule is COC1CC(CN)(NN2CCCCC2)C1. The van der Waals surface area contributed by atoms with E-state index in [1.54, 1.807) is 7.11 Å². The van der Waals surface area contributed by atoms with E-state index in [-0.39, 0.29) is 5.54 Å². The van der Waals surface area contributed by atoms with Gasteiger partial charge in [-0.15, -0.1) is 0 Å². The third kappa shape index (κ3) is 2.50. The minimum atomic E-state index is 0.123. The van der Waals surface area contributed by atoms with Gasteiger partial charge in [0.25, 0.3) is 0 Å². The van der Waals surface area contributed by atoms with E-state index in [0.29, 0.717) is 12.6 Å². The quantitative estimate of drug-likeness (QED) is 0.713. The Balaban J connectivity index is 1.80. The molecule has 0 radical (unpaired) electrons. The normalized spacial score (nSPS) is 37.6. The number of hydrogen-bond donors (Lipinski definition) is 2. The van der Waals surface area contributed by atoms with Gasteiger partial charge in [0.1, 0.15) is 0 Å². The zero-order valence-electron chi connectivity index (χ0n) is 9.67. The second-order valence-electron chi connectivity index (χ2n) is 4.91. The van der Waals surface area contributed by atoms with E-state index in [9.17, 15) is 0 Å². The second-order valence-corrected chi connectivity index (χ2v) is 4.91. The first-order valence-electron chi connectivity index (χ1n) is 6.04. The molecule has 15 heavy (non-hydrogen) atoms. The molecule has 1 aliphatic carbocycles. The van der Waals surface area contributed by atoms with Gasteiger partial charge in [-0.25, -0.2) is 10.4 Å². The summed E-state index contributed by atoms with van der Waals surface area (Å²) in [5.74, 6) is 0. The van der Waals surface area contributed by atoms with Crippen molar-refractivity contribution < 1.29 is 4.74 Å². The maximum absolute atomic E-state index is 5.86. The number of piperidine rings is 1. The Morgan fingerprint density at radius 1 is 1.33 bits per heavy atom. The summed E-state index contributed by atoms with van der Waals surface area (Å²) in [5.41, 5.74) is 9.59. The lowest BCUT2D eigenvalue weighted by atomic mass is 9.74. The van der Waals surface area contributed by atoms with Gasteiger partial charge in [0.2, 0.25) is 0 Å². The molecule has 0 bridgehead atoms. The number of ether oxygens (including phenoxy) is 1. The highest BCUT2D eigenvalue weighted by Crippen LogP contribution is 2.33. The van der Waals surface area contributed by atoms with Crippen LogP contribution in [0.2, 0.25) is 0 Å². The van der Waals surface area contributed by atoms with Gasteiger partial charge in [-0.05, 0) is 25.7 Å². The fraction of sp³-hybridized carbons (Fsp3) is 1.00. The molecule has 4 heteroatoms. The molecule has 1 heterocycles. The first-order valence-corrected chi connectivity index (χ1v) is 6.04. The number of rotatable bonds is 4. The molecule has 1 saturated heterocycles. The van der Waals surface area contributed by atoms with Crippen LogP contribution < -0.4 is 11.2 Å². The van der Waals surface area contributed by atoms with Gasteiger partial charge in [-0.3, -0.25) is 0 Å². The molecule has 1 saturated carbocycles. The van der Waals surface area contributed by atoms with E-state index in [2.05, 4.69) is 10.4 Å². The summed E-state index contributed by atoms with van der Waals surface area (Å²) in [5, 5.41) is 2.35. The summed E-state index contributed by atoms with van der Waals surface area (Å²) >= 11 is 0. The summed E-state index contributed by atoms with van der Waals surface area (Å²) in [6.07, 6.45) is 6.50. The van der Waals surface area contributed by atoms with E-state index in [0.717, 1.165) is 12.8 Å². The molecule has 2 aliphatic rings. The van der Waals surface area contributed by atoms with Crippen molar-refractivity contribution in [3.8, 4) is 0 Å². The molecule has 88 valence electrons. The van der Waals surface area contributed by atoms with Gasteiger partial charge in [-0.2, -0.15) is 0 Å². The maximum atomic E-state index is 5.86. The van der Waals surface area contributed by atoms with Crippen LogP contribution in [0.3, 0.4) is 0 Å². The van der Waals surface area contributed by atoms with Crippen molar-refractivity contribution in [3.05, 3.63) is 0 Å². The molecule has 0 atom stereocenters. The Morgan fingerprint density at radius 3 is 2.53 bits per heavy atom. The zero-order valence-corrected chi connectivity index (χ0v) is 9.67. The molecule has 2 fully saturated rings. The van der Waals surface area contributed by atoms with Gasteiger partial charge >= 0.3 is 0 Å². The zero-order chi connectivity index (χ0) is 10.7. The average Bonchev–Trinajstić information content (AvgIpc) is 2.24. The minimum absolute atomic E-state index is 0.123. The molecule has 1 aliphatic heterocycles. The van der Waals surface area contributed by atoms with Crippen LogP contribution in [0.1, 0.15) is 32.1 Å². The van der Waals surface area contributed by atoms with Crippen molar-refractivity contribution >= 4 is 0 Å². The first kappa shape index (κ1) is 11.3. The number of hydrogen-bond acceptors (Lipinski definition) is 4. The third-order valence-electron chi connectivity index (χ3n) is 3.71. The van der Waals surface area contributed by atoms with Crippen LogP contribution in [0, 0.1) is 0 Å². The second kappa shape index (κ2) is 4.78. The highest BCUT2D eigenvalue weighted by molar-refractivity contribution is 5.02. The fourth-order valence-corrected chi connectivity index (χ4v) is 2.62. The highest BCUT2D eigenvalue weighted by Gasteiger charge is 2.44. The van der Waals surface area contributed by atoms with Crippen molar-refractivity contribution in [1.82, 2.24) is 10.4 Å². The highest BCUT2D eigenvalue weighted by atomic mass is 16.5. The molecule has 2 rings (SSSR count). The summed E-state index contributed by atoms with van der Waals surface area (Å²) in [6, 6.07) is 0. The van der Waals surface area contributed by atoms with Gasteiger partial charge in [0.15, 0.2) is 0 Å². The molecular formula is C11H23N3O.